The highest BCUT2D eigenvalue weighted by Gasteiger charge is 2.31. The molecule has 1 aromatic carbocycles. The second kappa shape index (κ2) is 13.0. The minimum Gasteiger partial charge on any atom is -0.497 e. The predicted molar refractivity (Wildman–Crippen MR) is 140 cm³/mol. The van der Waals surface area contributed by atoms with Crippen LogP contribution in [-0.2, 0) is 4.79 Å². The second-order valence-electron chi connectivity index (χ2n) is 9.33. The maximum absolute atomic E-state index is 11.6. The van der Waals surface area contributed by atoms with Crippen LogP contribution in [0.4, 0.5) is 0 Å². The summed E-state index contributed by atoms with van der Waals surface area (Å²) in [7, 11) is 1.62. The zero-order chi connectivity index (χ0) is 25.3. The SMILES string of the molecule is COc1ccc2nccc(C(O)CC[C@@H]3CCN(CCCSc4ccncn4)C[C@@H]3CC(=O)O)c2c1. The second-order valence-corrected chi connectivity index (χ2v) is 10.4. The van der Waals surface area contributed by atoms with Gasteiger partial charge in [0.2, 0.25) is 0 Å². The number of hydrogen-bond donors (Lipinski definition) is 2. The molecule has 0 spiro atoms. The van der Waals surface area contributed by atoms with Gasteiger partial charge in [0.05, 0.1) is 23.8 Å². The molecule has 4 rings (SSSR count). The van der Waals surface area contributed by atoms with Gasteiger partial charge in [0.1, 0.15) is 12.1 Å². The van der Waals surface area contributed by atoms with Crippen LogP contribution >= 0.6 is 11.8 Å². The fourth-order valence-electron chi connectivity index (χ4n) is 5.12. The van der Waals surface area contributed by atoms with E-state index < -0.39 is 12.1 Å². The standard InChI is InChI=1S/C27H34N4O4S/c1-35-21-4-5-24-23(16-21)22(7-11-29-24)25(32)6-3-19-9-13-31(17-20(19)15-27(33)34)12-2-14-36-26-8-10-28-18-30-26/h4-5,7-8,10-11,16,18-20,25,32H,2-3,6,9,12-15,17H2,1H3,(H,33,34)/t19-,20+,25?/m1/s1. The number of ether oxygens (including phenoxy) is 1. The lowest BCUT2D eigenvalue weighted by Crippen LogP contribution is -2.42. The Morgan fingerprint density at radius 1 is 1.22 bits per heavy atom. The van der Waals surface area contributed by atoms with E-state index in [4.69, 9.17) is 4.74 Å². The fraction of sp³-hybridized carbons (Fsp3) is 0.481. The lowest BCUT2D eigenvalue weighted by atomic mass is 9.79. The number of hydrogen-bond acceptors (Lipinski definition) is 8. The Kier molecular flexibility index (Phi) is 9.49. The molecule has 3 aromatic rings. The van der Waals surface area contributed by atoms with Gasteiger partial charge in [-0.1, -0.05) is 0 Å². The number of methoxy groups -OCH3 is 1. The highest BCUT2D eigenvalue weighted by molar-refractivity contribution is 7.99. The Balaban J connectivity index is 1.31. The van der Waals surface area contributed by atoms with E-state index in [1.807, 2.05) is 30.3 Å². The van der Waals surface area contributed by atoms with E-state index in [-0.39, 0.29) is 18.3 Å². The summed E-state index contributed by atoms with van der Waals surface area (Å²) in [4.78, 5) is 26.6. The molecule has 9 heteroatoms. The molecule has 192 valence electrons. The molecule has 2 N–H and O–H groups in total. The van der Waals surface area contributed by atoms with Crippen molar-refractivity contribution in [3.63, 3.8) is 0 Å². The number of aromatic nitrogens is 3. The third kappa shape index (κ3) is 7.15. The first kappa shape index (κ1) is 26.3. The largest absolute Gasteiger partial charge is 0.497 e. The number of aliphatic carboxylic acids is 1. The van der Waals surface area contributed by atoms with Crippen LogP contribution in [0, 0.1) is 11.8 Å². The highest BCUT2D eigenvalue weighted by Crippen LogP contribution is 2.35. The van der Waals surface area contributed by atoms with E-state index in [2.05, 4.69) is 19.9 Å². The van der Waals surface area contributed by atoms with E-state index in [0.717, 1.165) is 71.9 Å². The van der Waals surface area contributed by atoms with Crippen molar-refractivity contribution in [1.29, 1.82) is 0 Å². The Bertz CT molecular complexity index is 1130. The van der Waals surface area contributed by atoms with Crippen LogP contribution in [-0.4, -0.2) is 68.5 Å². The molecule has 3 heterocycles. The smallest absolute Gasteiger partial charge is 0.303 e. The monoisotopic (exact) mass is 510 g/mol. The van der Waals surface area contributed by atoms with Crippen molar-refractivity contribution >= 4 is 28.6 Å². The van der Waals surface area contributed by atoms with Gasteiger partial charge in [0.15, 0.2) is 0 Å². The minimum absolute atomic E-state index is 0.0900. The lowest BCUT2D eigenvalue weighted by molar-refractivity contribution is -0.139. The molecule has 1 aliphatic heterocycles. The molecular formula is C27H34N4O4S. The number of carboxylic acid groups (broad SMARTS) is 1. The van der Waals surface area contributed by atoms with Gasteiger partial charge in [-0.3, -0.25) is 9.78 Å². The lowest BCUT2D eigenvalue weighted by Gasteiger charge is -2.38. The molecule has 2 aromatic heterocycles. The van der Waals surface area contributed by atoms with Crippen LogP contribution in [0.25, 0.3) is 10.9 Å². The van der Waals surface area contributed by atoms with E-state index >= 15 is 0 Å². The minimum atomic E-state index is -0.751. The highest BCUT2D eigenvalue weighted by atomic mass is 32.2. The molecule has 0 bridgehead atoms. The average molecular weight is 511 g/mol. The van der Waals surface area contributed by atoms with Crippen LogP contribution in [0.15, 0.2) is 54.1 Å². The number of nitrogens with zero attached hydrogens (tertiary/aromatic N) is 4. The van der Waals surface area contributed by atoms with Crippen LogP contribution in [0.1, 0.15) is 43.8 Å². The summed E-state index contributed by atoms with van der Waals surface area (Å²) in [6.45, 7) is 2.71. The summed E-state index contributed by atoms with van der Waals surface area (Å²) in [6, 6.07) is 9.46. The fourth-order valence-corrected chi connectivity index (χ4v) is 5.88. The van der Waals surface area contributed by atoms with E-state index in [1.54, 1.807) is 37.6 Å². The van der Waals surface area contributed by atoms with Crippen LogP contribution < -0.4 is 4.74 Å². The number of aliphatic hydroxyl groups is 1. The average Bonchev–Trinajstić information content (AvgIpc) is 2.90. The number of carbonyl (C=O) groups is 1. The molecule has 3 atom stereocenters. The third-order valence-electron chi connectivity index (χ3n) is 6.99. The Labute approximate surface area is 216 Å². The van der Waals surface area contributed by atoms with Crippen molar-refractivity contribution in [3.05, 3.63) is 54.6 Å². The summed E-state index contributed by atoms with van der Waals surface area (Å²) >= 11 is 1.72. The molecule has 8 nitrogen and oxygen atoms in total. The third-order valence-corrected chi connectivity index (χ3v) is 8.02. The summed E-state index contributed by atoms with van der Waals surface area (Å²) in [5.74, 6) is 1.32. The van der Waals surface area contributed by atoms with E-state index in [0.29, 0.717) is 6.42 Å². The van der Waals surface area contributed by atoms with Gasteiger partial charge < -0.3 is 19.8 Å². The number of pyridine rings is 1. The van der Waals surface area contributed by atoms with Crippen molar-refractivity contribution in [2.24, 2.45) is 11.8 Å². The summed E-state index contributed by atoms with van der Waals surface area (Å²) in [5, 5.41) is 22.5. The molecule has 0 aliphatic carbocycles. The summed E-state index contributed by atoms with van der Waals surface area (Å²) in [6.07, 6.45) is 7.94. The van der Waals surface area contributed by atoms with Crippen molar-refractivity contribution in [2.45, 2.75) is 43.2 Å². The van der Waals surface area contributed by atoms with Crippen LogP contribution in [0.2, 0.25) is 0 Å². The first-order valence-corrected chi connectivity index (χ1v) is 13.5. The maximum Gasteiger partial charge on any atom is 0.303 e. The molecule has 0 radical (unpaired) electrons. The Hall–Kier alpha value is -2.75. The zero-order valence-electron chi connectivity index (χ0n) is 20.6. The molecular weight excluding hydrogens is 476 g/mol. The number of aliphatic hydroxyl groups excluding tert-OH is 1. The van der Waals surface area contributed by atoms with Crippen LogP contribution in [0.5, 0.6) is 5.75 Å². The van der Waals surface area contributed by atoms with Gasteiger partial charge in [0.25, 0.3) is 0 Å². The Morgan fingerprint density at radius 3 is 2.89 bits per heavy atom. The van der Waals surface area contributed by atoms with Gasteiger partial charge in [0, 0.05) is 36.5 Å². The van der Waals surface area contributed by atoms with Crippen molar-refractivity contribution < 1.29 is 19.7 Å². The summed E-state index contributed by atoms with van der Waals surface area (Å²) in [5.41, 5.74) is 1.66. The van der Waals surface area contributed by atoms with Crippen LogP contribution in [0.3, 0.4) is 0 Å². The molecule has 1 saturated heterocycles. The normalized spacial score (nSPS) is 19.3. The molecule has 1 unspecified atom stereocenters. The zero-order valence-corrected chi connectivity index (χ0v) is 21.4. The molecule has 1 aliphatic rings. The van der Waals surface area contributed by atoms with Gasteiger partial charge in [-0.25, -0.2) is 9.97 Å². The number of fused-ring (bicyclic) bond motifs is 1. The quantitative estimate of drug-likeness (QED) is 0.208. The van der Waals surface area contributed by atoms with Gasteiger partial charge in [-0.15, -0.1) is 11.8 Å². The molecule has 0 saturated carbocycles. The number of likely N-dealkylation sites (tertiary alicyclic amines) is 1. The predicted octanol–water partition coefficient (Wildman–Crippen LogP) is 4.44. The number of thioether (sulfide) groups is 1. The van der Waals surface area contributed by atoms with Crippen molar-refractivity contribution in [1.82, 2.24) is 19.9 Å². The first-order chi connectivity index (χ1) is 17.5. The van der Waals surface area contributed by atoms with Gasteiger partial charge in [-0.05, 0) is 86.5 Å². The number of piperidine rings is 1. The van der Waals surface area contributed by atoms with E-state index in [1.165, 1.54) is 0 Å². The van der Waals surface area contributed by atoms with Gasteiger partial charge in [-0.2, -0.15) is 0 Å². The topological polar surface area (TPSA) is 109 Å². The number of rotatable bonds is 12. The van der Waals surface area contributed by atoms with Crippen molar-refractivity contribution in [2.75, 3.05) is 32.5 Å². The molecule has 36 heavy (non-hydrogen) atoms. The molecule has 0 amide bonds. The van der Waals surface area contributed by atoms with Gasteiger partial charge >= 0.3 is 5.97 Å². The van der Waals surface area contributed by atoms with Crippen molar-refractivity contribution in [3.8, 4) is 5.75 Å². The maximum atomic E-state index is 11.6. The number of benzene rings is 1. The summed E-state index contributed by atoms with van der Waals surface area (Å²) < 4.78 is 5.35. The van der Waals surface area contributed by atoms with E-state index in [9.17, 15) is 15.0 Å². The first-order valence-electron chi connectivity index (χ1n) is 12.5. The molecule has 1 fully saturated rings. The Morgan fingerprint density at radius 2 is 2.11 bits per heavy atom. The number of carboxylic acids is 1.